The number of aliphatic hydroxyl groups is 2. The van der Waals surface area contributed by atoms with Crippen molar-refractivity contribution in [3.8, 4) is 0 Å². The highest BCUT2D eigenvalue weighted by atomic mass is 16.7. The molecule has 1 spiro atoms. The maximum atomic E-state index is 11.0. The molecule has 2 N–H and O–H groups in total. The largest absolute Gasteiger partial charge is 0.396 e. The van der Waals surface area contributed by atoms with Crippen LogP contribution in [0.2, 0.25) is 0 Å². The first-order chi connectivity index (χ1) is 9.68. The van der Waals surface area contributed by atoms with Crippen LogP contribution in [0, 0.1) is 0 Å². The molecule has 4 heteroatoms. The molecule has 1 aliphatic heterocycles. The van der Waals surface area contributed by atoms with Gasteiger partial charge in [0.2, 0.25) is 0 Å². The maximum absolute atomic E-state index is 11.0. The van der Waals surface area contributed by atoms with Gasteiger partial charge in [-0.3, -0.25) is 0 Å². The Morgan fingerprint density at radius 3 is 2.30 bits per heavy atom. The zero-order valence-corrected chi connectivity index (χ0v) is 11.7. The van der Waals surface area contributed by atoms with E-state index in [1.54, 1.807) is 0 Å². The third-order valence-corrected chi connectivity index (χ3v) is 4.55. The van der Waals surface area contributed by atoms with E-state index < -0.39 is 11.4 Å². The summed E-state index contributed by atoms with van der Waals surface area (Å²) in [6.07, 6.45) is 3.29. The highest BCUT2D eigenvalue weighted by Gasteiger charge is 2.46. The lowest BCUT2D eigenvalue weighted by Gasteiger charge is -2.41. The van der Waals surface area contributed by atoms with Gasteiger partial charge in [0.05, 0.1) is 18.8 Å². The molecule has 2 fully saturated rings. The van der Waals surface area contributed by atoms with Gasteiger partial charge in [-0.05, 0) is 30.4 Å². The summed E-state index contributed by atoms with van der Waals surface area (Å²) in [4.78, 5) is 0. The van der Waals surface area contributed by atoms with Crippen LogP contribution in [0.4, 0.5) is 0 Å². The first kappa shape index (κ1) is 14.0. The molecule has 1 heterocycles. The van der Waals surface area contributed by atoms with Crippen LogP contribution >= 0.6 is 0 Å². The van der Waals surface area contributed by atoms with Crippen molar-refractivity contribution in [1.29, 1.82) is 0 Å². The van der Waals surface area contributed by atoms with Gasteiger partial charge in [0, 0.05) is 19.4 Å². The van der Waals surface area contributed by atoms with Crippen LogP contribution in [0.5, 0.6) is 0 Å². The minimum absolute atomic E-state index is 0.100. The Labute approximate surface area is 119 Å². The molecule has 2 aliphatic rings. The molecule has 0 atom stereocenters. The first-order valence-electron chi connectivity index (χ1n) is 7.37. The fourth-order valence-corrected chi connectivity index (χ4v) is 3.41. The monoisotopic (exact) mass is 278 g/mol. The van der Waals surface area contributed by atoms with Crippen LogP contribution < -0.4 is 0 Å². The van der Waals surface area contributed by atoms with E-state index in [-0.39, 0.29) is 6.61 Å². The summed E-state index contributed by atoms with van der Waals surface area (Å²) >= 11 is 0. The Bertz CT molecular complexity index is 455. The molecule has 1 aromatic rings. The van der Waals surface area contributed by atoms with Gasteiger partial charge >= 0.3 is 0 Å². The van der Waals surface area contributed by atoms with Crippen molar-refractivity contribution in [1.82, 2.24) is 0 Å². The number of rotatable bonds is 3. The number of hydrogen-bond acceptors (Lipinski definition) is 4. The smallest absolute Gasteiger partial charge is 0.168 e. The molecule has 0 bridgehead atoms. The second kappa shape index (κ2) is 5.45. The van der Waals surface area contributed by atoms with Crippen molar-refractivity contribution in [2.24, 2.45) is 0 Å². The van der Waals surface area contributed by atoms with E-state index >= 15 is 0 Å². The molecule has 110 valence electrons. The fraction of sp³-hybridized carbons (Fsp3) is 0.625. The number of ether oxygens (including phenoxy) is 2. The predicted octanol–water partition coefficient (Wildman–Crippen LogP) is 1.73. The lowest BCUT2D eigenvalue weighted by Crippen LogP contribution is -2.42. The molecule has 0 radical (unpaired) electrons. The van der Waals surface area contributed by atoms with Gasteiger partial charge < -0.3 is 19.7 Å². The molecule has 1 saturated carbocycles. The van der Waals surface area contributed by atoms with Gasteiger partial charge in [0.25, 0.3) is 0 Å². The zero-order valence-electron chi connectivity index (χ0n) is 11.7. The number of benzene rings is 1. The summed E-state index contributed by atoms with van der Waals surface area (Å²) in [7, 11) is 0. The Kier molecular flexibility index (Phi) is 3.82. The minimum Gasteiger partial charge on any atom is -0.396 e. The second-order valence-electron chi connectivity index (χ2n) is 5.77. The molecule has 1 aromatic carbocycles. The van der Waals surface area contributed by atoms with E-state index in [0.717, 1.165) is 24.0 Å². The molecule has 0 unspecified atom stereocenters. The number of hydrogen-bond donors (Lipinski definition) is 2. The zero-order chi connectivity index (χ0) is 14.1. The first-order valence-corrected chi connectivity index (χ1v) is 7.37. The van der Waals surface area contributed by atoms with Crippen molar-refractivity contribution in [3.05, 3.63) is 35.4 Å². The fourth-order valence-electron chi connectivity index (χ4n) is 3.41. The summed E-state index contributed by atoms with van der Waals surface area (Å²) in [5.41, 5.74) is 1.15. The molecular weight excluding hydrogens is 256 g/mol. The molecule has 3 rings (SSSR count). The third kappa shape index (κ3) is 2.49. The van der Waals surface area contributed by atoms with Crippen LogP contribution in [0.15, 0.2) is 24.3 Å². The van der Waals surface area contributed by atoms with Gasteiger partial charge in [-0.2, -0.15) is 0 Å². The molecule has 0 aromatic heterocycles. The highest BCUT2D eigenvalue weighted by Crippen LogP contribution is 2.45. The van der Waals surface area contributed by atoms with Gasteiger partial charge in [-0.1, -0.05) is 24.3 Å². The second-order valence-corrected chi connectivity index (χ2v) is 5.77. The number of aliphatic hydroxyl groups excluding tert-OH is 1. The van der Waals surface area contributed by atoms with E-state index in [9.17, 15) is 10.2 Å². The van der Waals surface area contributed by atoms with Gasteiger partial charge in [-0.25, -0.2) is 0 Å². The molecule has 20 heavy (non-hydrogen) atoms. The van der Waals surface area contributed by atoms with Gasteiger partial charge in [0.15, 0.2) is 5.79 Å². The van der Waals surface area contributed by atoms with E-state index in [1.807, 2.05) is 24.3 Å². The SMILES string of the molecule is OCCc1ccccc1C1(O)CCC2(CC1)OCCO2. The predicted molar refractivity (Wildman–Crippen MR) is 74.2 cm³/mol. The lowest BCUT2D eigenvalue weighted by atomic mass is 9.75. The maximum Gasteiger partial charge on any atom is 0.168 e. The summed E-state index contributed by atoms with van der Waals surface area (Å²) in [5.74, 6) is -0.460. The quantitative estimate of drug-likeness (QED) is 0.884. The van der Waals surface area contributed by atoms with Crippen LogP contribution in [-0.4, -0.2) is 35.8 Å². The van der Waals surface area contributed by atoms with Crippen LogP contribution in [-0.2, 0) is 21.5 Å². The van der Waals surface area contributed by atoms with E-state index in [2.05, 4.69) is 0 Å². The average molecular weight is 278 g/mol. The minimum atomic E-state index is -0.827. The molecule has 0 amide bonds. The topological polar surface area (TPSA) is 58.9 Å². The van der Waals surface area contributed by atoms with E-state index in [4.69, 9.17) is 9.47 Å². The highest BCUT2D eigenvalue weighted by molar-refractivity contribution is 5.33. The van der Waals surface area contributed by atoms with Crippen LogP contribution in [0.3, 0.4) is 0 Å². The average Bonchev–Trinajstić information content (AvgIpc) is 2.93. The van der Waals surface area contributed by atoms with E-state index in [0.29, 0.717) is 32.5 Å². The lowest BCUT2D eigenvalue weighted by molar-refractivity contribution is -0.204. The van der Waals surface area contributed by atoms with Crippen LogP contribution in [0.25, 0.3) is 0 Å². The Morgan fingerprint density at radius 2 is 1.65 bits per heavy atom. The third-order valence-electron chi connectivity index (χ3n) is 4.55. The summed E-state index contributed by atoms with van der Waals surface area (Å²) in [6, 6.07) is 7.85. The summed E-state index contributed by atoms with van der Waals surface area (Å²) in [6.45, 7) is 1.41. The van der Waals surface area contributed by atoms with Gasteiger partial charge in [0.1, 0.15) is 0 Å². The molecule has 4 nitrogen and oxygen atoms in total. The molecular formula is C16H22O4. The summed E-state index contributed by atoms with van der Waals surface area (Å²) < 4.78 is 11.4. The van der Waals surface area contributed by atoms with Crippen molar-refractivity contribution < 1.29 is 19.7 Å². The molecule has 1 saturated heterocycles. The Hall–Kier alpha value is -0.940. The van der Waals surface area contributed by atoms with Crippen molar-refractivity contribution in [3.63, 3.8) is 0 Å². The Balaban J connectivity index is 1.80. The Morgan fingerprint density at radius 1 is 1.00 bits per heavy atom. The van der Waals surface area contributed by atoms with Crippen LogP contribution in [0.1, 0.15) is 36.8 Å². The summed E-state index contributed by atoms with van der Waals surface area (Å²) in [5, 5.41) is 20.2. The van der Waals surface area contributed by atoms with Crippen molar-refractivity contribution in [2.75, 3.05) is 19.8 Å². The van der Waals surface area contributed by atoms with Crippen molar-refractivity contribution in [2.45, 2.75) is 43.5 Å². The standard InChI is InChI=1S/C16H22O4/c17-10-5-13-3-1-2-4-14(13)15(18)6-8-16(9-7-15)19-11-12-20-16/h1-4,17-18H,5-12H2. The molecule has 1 aliphatic carbocycles. The van der Waals surface area contributed by atoms with Crippen molar-refractivity contribution >= 4 is 0 Å². The normalized spacial score (nSPS) is 24.1. The van der Waals surface area contributed by atoms with Gasteiger partial charge in [-0.15, -0.1) is 0 Å². The van der Waals surface area contributed by atoms with E-state index in [1.165, 1.54) is 0 Å².